The van der Waals surface area contributed by atoms with Crippen molar-refractivity contribution in [3.8, 4) is 5.75 Å². The molecular formula is C20H20N4O4S2. The van der Waals surface area contributed by atoms with E-state index in [9.17, 15) is 13.2 Å². The second-order valence-corrected chi connectivity index (χ2v) is 10.3. The summed E-state index contributed by atoms with van der Waals surface area (Å²) in [5.74, 6) is 0.262. The molecule has 0 aliphatic carbocycles. The zero-order chi connectivity index (χ0) is 21.4. The van der Waals surface area contributed by atoms with Gasteiger partial charge < -0.3 is 4.74 Å². The molecule has 0 bridgehead atoms. The Morgan fingerprint density at radius 3 is 2.57 bits per heavy atom. The van der Waals surface area contributed by atoms with Crippen LogP contribution in [-0.2, 0) is 10.0 Å². The van der Waals surface area contributed by atoms with Crippen LogP contribution in [0.4, 0.5) is 5.13 Å². The Balaban J connectivity index is 1.53. The molecule has 4 rings (SSSR count). The molecule has 0 saturated heterocycles. The van der Waals surface area contributed by atoms with Crippen molar-refractivity contribution in [2.45, 2.75) is 36.3 Å². The number of nitrogens with zero attached hydrogens (tertiary/aromatic N) is 2. The number of carbonyl (C=O) groups is 1. The van der Waals surface area contributed by atoms with Gasteiger partial charge in [0.1, 0.15) is 11.4 Å². The molecule has 0 unspecified atom stereocenters. The highest BCUT2D eigenvalue weighted by atomic mass is 32.2. The number of hydrogen-bond acceptors (Lipinski definition) is 7. The molecule has 1 amide bonds. The number of nitrogens with one attached hydrogen (secondary N) is 2. The summed E-state index contributed by atoms with van der Waals surface area (Å²) in [4.78, 5) is 12.2. The average Bonchev–Trinajstić information content (AvgIpc) is 3.17. The molecule has 10 heteroatoms. The van der Waals surface area contributed by atoms with Gasteiger partial charge in [0.15, 0.2) is 0 Å². The van der Waals surface area contributed by atoms with Crippen molar-refractivity contribution in [1.29, 1.82) is 0 Å². The third kappa shape index (κ3) is 4.35. The van der Waals surface area contributed by atoms with E-state index >= 15 is 0 Å². The van der Waals surface area contributed by atoms with Gasteiger partial charge in [-0.1, -0.05) is 47.7 Å². The fourth-order valence-electron chi connectivity index (χ4n) is 3.27. The Morgan fingerprint density at radius 1 is 1.10 bits per heavy atom. The number of benzene rings is 2. The van der Waals surface area contributed by atoms with Gasteiger partial charge in [-0.2, -0.15) is 0 Å². The molecule has 2 aromatic carbocycles. The number of anilines is 1. The molecule has 1 aliphatic heterocycles. The number of carbonyl (C=O) groups excluding carboxylic acids is 1. The van der Waals surface area contributed by atoms with E-state index in [1.807, 2.05) is 38.1 Å². The summed E-state index contributed by atoms with van der Waals surface area (Å²) in [5.41, 5.74) is 0.677. The molecule has 156 valence electrons. The van der Waals surface area contributed by atoms with Crippen molar-refractivity contribution in [1.82, 2.24) is 14.9 Å². The van der Waals surface area contributed by atoms with E-state index in [2.05, 4.69) is 20.2 Å². The fraction of sp³-hybridized carbons (Fsp3) is 0.250. The molecule has 1 atom stereocenters. The third-order valence-corrected chi connectivity index (χ3v) is 7.24. The molecule has 3 aromatic rings. The highest BCUT2D eigenvalue weighted by Crippen LogP contribution is 2.40. The van der Waals surface area contributed by atoms with Gasteiger partial charge in [-0.3, -0.25) is 10.1 Å². The molecule has 8 nitrogen and oxygen atoms in total. The molecule has 0 radical (unpaired) electrons. The summed E-state index contributed by atoms with van der Waals surface area (Å²) in [6.45, 7) is 3.82. The van der Waals surface area contributed by atoms with Crippen molar-refractivity contribution in [2.24, 2.45) is 0 Å². The third-order valence-electron chi connectivity index (χ3n) is 4.57. The summed E-state index contributed by atoms with van der Waals surface area (Å²) in [6, 6.07) is 15.4. The number of hydrogen-bond donors (Lipinski definition) is 2. The number of fused-ring (bicyclic) bond motifs is 1. The molecule has 0 spiro atoms. The number of para-hydroxylation sites is 1. The monoisotopic (exact) mass is 444 g/mol. The summed E-state index contributed by atoms with van der Waals surface area (Å²) < 4.78 is 34.3. The van der Waals surface area contributed by atoms with Crippen molar-refractivity contribution in [3.05, 3.63) is 65.7 Å². The summed E-state index contributed by atoms with van der Waals surface area (Å²) in [6.07, 6.45) is 0.458. The highest BCUT2D eigenvalue weighted by molar-refractivity contribution is 7.91. The number of aromatic nitrogens is 2. The summed E-state index contributed by atoms with van der Waals surface area (Å²) in [5, 5.41) is 10.3. The predicted molar refractivity (Wildman–Crippen MR) is 113 cm³/mol. The van der Waals surface area contributed by atoms with Gasteiger partial charge in [0.2, 0.25) is 9.47 Å². The van der Waals surface area contributed by atoms with Crippen molar-refractivity contribution in [2.75, 3.05) is 5.32 Å². The van der Waals surface area contributed by atoms with Crippen LogP contribution in [0, 0.1) is 0 Å². The maximum absolute atomic E-state index is 12.9. The van der Waals surface area contributed by atoms with E-state index in [0.29, 0.717) is 17.7 Å². The zero-order valence-corrected chi connectivity index (χ0v) is 18.0. The molecule has 2 N–H and O–H groups in total. The first-order chi connectivity index (χ1) is 14.2. The topological polar surface area (TPSA) is 110 Å². The van der Waals surface area contributed by atoms with Crippen LogP contribution in [0.15, 0.2) is 58.9 Å². The van der Waals surface area contributed by atoms with E-state index in [0.717, 1.165) is 16.9 Å². The lowest BCUT2D eigenvalue weighted by Gasteiger charge is -2.37. The molecule has 1 aromatic heterocycles. The van der Waals surface area contributed by atoms with Crippen LogP contribution >= 0.6 is 11.3 Å². The van der Waals surface area contributed by atoms with Gasteiger partial charge in [0.25, 0.3) is 15.9 Å². The minimum atomic E-state index is -3.94. The van der Waals surface area contributed by atoms with Crippen LogP contribution in [0.2, 0.25) is 0 Å². The molecule has 0 saturated carbocycles. The smallest absolute Gasteiger partial charge is 0.270 e. The first-order valence-electron chi connectivity index (χ1n) is 9.24. The van der Waals surface area contributed by atoms with Crippen LogP contribution in [0.5, 0.6) is 5.75 Å². The van der Waals surface area contributed by atoms with Gasteiger partial charge in [0, 0.05) is 17.5 Å². The minimum absolute atomic E-state index is 0.108. The SMILES string of the molecule is CC1(C)C[C@@H](NS(=O)(=O)c2nnc(NC(=O)c3ccccc3)s2)c2ccccc2O1. The van der Waals surface area contributed by atoms with Gasteiger partial charge in [-0.25, -0.2) is 13.1 Å². The summed E-state index contributed by atoms with van der Waals surface area (Å²) >= 11 is 0.797. The maximum Gasteiger partial charge on any atom is 0.270 e. The molecular weight excluding hydrogens is 424 g/mol. The lowest BCUT2D eigenvalue weighted by atomic mass is 9.90. The molecule has 1 aliphatic rings. The van der Waals surface area contributed by atoms with Crippen molar-refractivity contribution < 1.29 is 17.9 Å². The lowest BCUT2D eigenvalue weighted by molar-refractivity contribution is 0.0702. The van der Waals surface area contributed by atoms with E-state index in [1.54, 1.807) is 30.3 Å². The highest BCUT2D eigenvalue weighted by Gasteiger charge is 2.36. The van der Waals surface area contributed by atoms with E-state index < -0.39 is 21.7 Å². The van der Waals surface area contributed by atoms with Crippen LogP contribution in [0.1, 0.15) is 42.2 Å². The standard InChI is InChI=1S/C20H20N4O4S2/c1-20(2)12-15(14-10-6-7-11-16(14)28-20)24-30(26,27)19-23-22-18(29-19)21-17(25)13-8-4-3-5-9-13/h3-11,15,24H,12H2,1-2H3,(H,21,22,25)/t15-/m1/s1. The van der Waals surface area contributed by atoms with Crippen molar-refractivity contribution in [3.63, 3.8) is 0 Å². The Hall–Kier alpha value is -2.82. The molecule has 30 heavy (non-hydrogen) atoms. The summed E-state index contributed by atoms with van der Waals surface area (Å²) in [7, 11) is -3.94. The Labute approximate surface area is 178 Å². The number of sulfonamides is 1. The quantitative estimate of drug-likeness (QED) is 0.584. The first kappa shape index (κ1) is 20.5. The number of rotatable bonds is 5. The van der Waals surface area contributed by atoms with Crippen LogP contribution in [0.3, 0.4) is 0 Å². The largest absolute Gasteiger partial charge is 0.487 e. The van der Waals surface area contributed by atoms with Crippen LogP contribution < -0.4 is 14.8 Å². The second kappa shape index (κ2) is 7.78. The van der Waals surface area contributed by atoms with Gasteiger partial charge >= 0.3 is 0 Å². The number of amides is 1. The van der Waals surface area contributed by atoms with Gasteiger partial charge in [-0.15, -0.1) is 10.2 Å². The van der Waals surface area contributed by atoms with Crippen LogP contribution in [-0.4, -0.2) is 30.1 Å². The molecule has 0 fully saturated rings. The van der Waals surface area contributed by atoms with Gasteiger partial charge in [-0.05, 0) is 32.0 Å². The van der Waals surface area contributed by atoms with E-state index in [-0.39, 0.29) is 15.4 Å². The normalized spacial score (nSPS) is 17.6. The Morgan fingerprint density at radius 2 is 1.80 bits per heavy atom. The maximum atomic E-state index is 12.9. The Bertz CT molecular complexity index is 1180. The van der Waals surface area contributed by atoms with Crippen molar-refractivity contribution >= 4 is 32.4 Å². The van der Waals surface area contributed by atoms with E-state index in [1.165, 1.54) is 0 Å². The molecule has 2 heterocycles. The lowest BCUT2D eigenvalue weighted by Crippen LogP contribution is -2.41. The minimum Gasteiger partial charge on any atom is -0.487 e. The van der Waals surface area contributed by atoms with E-state index in [4.69, 9.17) is 4.74 Å². The first-order valence-corrected chi connectivity index (χ1v) is 11.5. The fourth-order valence-corrected chi connectivity index (χ4v) is 5.40. The van der Waals surface area contributed by atoms with Gasteiger partial charge in [0.05, 0.1) is 6.04 Å². The second-order valence-electron chi connectivity index (χ2n) is 7.47. The van der Waals surface area contributed by atoms with Crippen LogP contribution in [0.25, 0.3) is 0 Å². The zero-order valence-electron chi connectivity index (χ0n) is 16.3. The predicted octanol–water partition coefficient (Wildman–Crippen LogP) is 3.37. The number of ether oxygens (including phenoxy) is 1. The Kier molecular flexibility index (Phi) is 5.31. The average molecular weight is 445 g/mol.